The SMILES string of the molecule is CN(Cc1ccccc1F)S(=O)(=O)c1ccc2c(c1)C(=O)C(=O)N2. The average molecular weight is 348 g/mol. The van der Waals surface area contributed by atoms with Crippen molar-refractivity contribution in [2.75, 3.05) is 12.4 Å². The molecule has 0 spiro atoms. The van der Waals surface area contributed by atoms with Gasteiger partial charge in [0.25, 0.3) is 11.7 Å². The van der Waals surface area contributed by atoms with Gasteiger partial charge < -0.3 is 5.32 Å². The number of benzene rings is 2. The number of halogens is 1. The lowest BCUT2D eigenvalue weighted by Gasteiger charge is -2.18. The first-order valence-corrected chi connectivity index (χ1v) is 8.44. The van der Waals surface area contributed by atoms with Gasteiger partial charge in [0.15, 0.2) is 0 Å². The Morgan fingerprint density at radius 2 is 1.83 bits per heavy atom. The minimum Gasteiger partial charge on any atom is -0.318 e. The molecule has 0 saturated carbocycles. The normalized spacial score (nSPS) is 14.0. The largest absolute Gasteiger partial charge is 0.318 e. The Bertz CT molecular complexity index is 956. The summed E-state index contributed by atoms with van der Waals surface area (Å²) >= 11 is 0. The van der Waals surface area contributed by atoms with Crippen LogP contribution in [0.5, 0.6) is 0 Å². The molecule has 0 aromatic heterocycles. The van der Waals surface area contributed by atoms with Crippen LogP contribution in [0.15, 0.2) is 47.4 Å². The number of ketones is 1. The third-order valence-electron chi connectivity index (χ3n) is 3.75. The highest BCUT2D eigenvalue weighted by Gasteiger charge is 2.31. The smallest absolute Gasteiger partial charge is 0.296 e. The summed E-state index contributed by atoms with van der Waals surface area (Å²) in [7, 11) is -2.62. The van der Waals surface area contributed by atoms with Crippen LogP contribution in [0.4, 0.5) is 10.1 Å². The minimum atomic E-state index is -3.94. The van der Waals surface area contributed by atoms with Crippen LogP contribution in [0, 0.1) is 5.82 Å². The summed E-state index contributed by atoms with van der Waals surface area (Å²) in [6, 6.07) is 9.70. The lowest BCUT2D eigenvalue weighted by Crippen LogP contribution is -2.27. The predicted octanol–water partition coefficient (Wildman–Crippen LogP) is 1.78. The van der Waals surface area contributed by atoms with E-state index >= 15 is 0 Å². The molecule has 124 valence electrons. The molecular weight excluding hydrogens is 335 g/mol. The van der Waals surface area contributed by atoms with E-state index in [1.807, 2.05) is 0 Å². The first-order valence-electron chi connectivity index (χ1n) is 7.00. The molecule has 2 aromatic carbocycles. The number of hydrogen-bond donors (Lipinski definition) is 1. The summed E-state index contributed by atoms with van der Waals surface area (Å²) in [6.45, 7) is -0.156. The van der Waals surface area contributed by atoms with E-state index in [1.54, 1.807) is 6.07 Å². The molecule has 0 bridgehead atoms. The Labute approximate surface area is 138 Å². The average Bonchev–Trinajstić information content (AvgIpc) is 2.84. The van der Waals surface area contributed by atoms with E-state index in [0.717, 1.165) is 10.4 Å². The molecule has 0 aliphatic carbocycles. The lowest BCUT2D eigenvalue weighted by atomic mass is 10.1. The number of Topliss-reactive ketones (excluding diaryl/α,β-unsaturated/α-hetero) is 1. The van der Waals surface area contributed by atoms with Crippen molar-refractivity contribution in [3.63, 3.8) is 0 Å². The van der Waals surface area contributed by atoms with E-state index in [4.69, 9.17) is 0 Å². The Morgan fingerprint density at radius 3 is 2.54 bits per heavy atom. The Balaban J connectivity index is 1.93. The third-order valence-corrected chi connectivity index (χ3v) is 5.55. The number of carbonyl (C=O) groups excluding carboxylic acids is 2. The van der Waals surface area contributed by atoms with E-state index in [9.17, 15) is 22.4 Å². The molecule has 2 aromatic rings. The van der Waals surface area contributed by atoms with Gasteiger partial charge >= 0.3 is 0 Å². The van der Waals surface area contributed by atoms with Crippen molar-refractivity contribution >= 4 is 27.4 Å². The predicted molar refractivity (Wildman–Crippen MR) is 84.5 cm³/mol. The van der Waals surface area contributed by atoms with Crippen molar-refractivity contribution in [1.29, 1.82) is 0 Å². The molecule has 1 aliphatic rings. The van der Waals surface area contributed by atoms with Gasteiger partial charge in [-0.3, -0.25) is 9.59 Å². The van der Waals surface area contributed by atoms with Crippen molar-refractivity contribution in [2.45, 2.75) is 11.4 Å². The van der Waals surface area contributed by atoms with Crippen LogP contribution in [0.2, 0.25) is 0 Å². The second-order valence-electron chi connectivity index (χ2n) is 5.34. The van der Waals surface area contributed by atoms with Gasteiger partial charge in [-0.2, -0.15) is 4.31 Å². The van der Waals surface area contributed by atoms with E-state index < -0.39 is 27.5 Å². The monoisotopic (exact) mass is 348 g/mol. The van der Waals surface area contributed by atoms with Crippen molar-refractivity contribution in [2.24, 2.45) is 0 Å². The second kappa shape index (κ2) is 5.81. The fraction of sp³-hybridized carbons (Fsp3) is 0.125. The number of fused-ring (bicyclic) bond motifs is 1. The van der Waals surface area contributed by atoms with Crippen LogP contribution in [0.3, 0.4) is 0 Å². The van der Waals surface area contributed by atoms with Crippen LogP contribution in [-0.4, -0.2) is 31.5 Å². The van der Waals surface area contributed by atoms with Crippen molar-refractivity contribution < 1.29 is 22.4 Å². The fourth-order valence-corrected chi connectivity index (χ4v) is 3.59. The summed E-state index contributed by atoms with van der Waals surface area (Å²) in [4.78, 5) is 22.9. The fourth-order valence-electron chi connectivity index (χ4n) is 2.41. The number of anilines is 1. The van der Waals surface area contributed by atoms with Gasteiger partial charge in [0.1, 0.15) is 5.82 Å². The van der Waals surface area contributed by atoms with Gasteiger partial charge in [-0.05, 0) is 24.3 Å². The lowest BCUT2D eigenvalue weighted by molar-refractivity contribution is -0.112. The topological polar surface area (TPSA) is 83.6 Å². The number of carbonyl (C=O) groups is 2. The molecule has 24 heavy (non-hydrogen) atoms. The quantitative estimate of drug-likeness (QED) is 0.854. The number of nitrogens with zero attached hydrogens (tertiary/aromatic N) is 1. The van der Waals surface area contributed by atoms with Crippen LogP contribution < -0.4 is 5.32 Å². The Kier molecular flexibility index (Phi) is 3.94. The molecule has 3 rings (SSSR count). The molecule has 1 N–H and O–H groups in total. The van der Waals surface area contributed by atoms with Gasteiger partial charge in [0.05, 0.1) is 16.1 Å². The number of nitrogens with one attached hydrogen (secondary N) is 1. The van der Waals surface area contributed by atoms with Gasteiger partial charge in [-0.1, -0.05) is 18.2 Å². The molecule has 1 amide bonds. The summed E-state index contributed by atoms with van der Waals surface area (Å²) in [6.07, 6.45) is 0. The molecule has 8 heteroatoms. The molecule has 0 radical (unpaired) electrons. The number of amides is 1. The molecule has 0 atom stereocenters. The highest BCUT2D eigenvalue weighted by Crippen LogP contribution is 2.27. The van der Waals surface area contributed by atoms with Crippen molar-refractivity contribution in [1.82, 2.24) is 4.31 Å². The van der Waals surface area contributed by atoms with Gasteiger partial charge in [0, 0.05) is 19.2 Å². The standard InChI is InChI=1S/C16H13FN2O4S/c1-19(9-10-4-2-3-5-13(10)17)24(22,23)11-6-7-14-12(8-11)15(20)16(21)18-14/h2-8H,9H2,1H3,(H,18,20,21). The van der Waals surface area contributed by atoms with Gasteiger partial charge in [-0.15, -0.1) is 0 Å². The number of sulfonamides is 1. The first kappa shape index (κ1) is 16.3. The highest BCUT2D eigenvalue weighted by molar-refractivity contribution is 7.89. The zero-order valence-corrected chi connectivity index (χ0v) is 13.4. The van der Waals surface area contributed by atoms with Crippen LogP contribution in [0.25, 0.3) is 0 Å². The van der Waals surface area contributed by atoms with E-state index in [0.29, 0.717) is 0 Å². The zero-order valence-electron chi connectivity index (χ0n) is 12.6. The number of hydrogen-bond acceptors (Lipinski definition) is 4. The van der Waals surface area contributed by atoms with Gasteiger partial charge in [-0.25, -0.2) is 12.8 Å². The molecule has 0 unspecified atom stereocenters. The summed E-state index contributed by atoms with van der Waals surface area (Å²) in [5.41, 5.74) is 0.527. The first-order chi connectivity index (χ1) is 11.3. The molecule has 6 nitrogen and oxygen atoms in total. The molecule has 1 heterocycles. The molecular formula is C16H13FN2O4S. The van der Waals surface area contributed by atoms with E-state index in [1.165, 1.54) is 37.4 Å². The summed E-state index contributed by atoms with van der Waals surface area (Å²) < 4.78 is 39.9. The third kappa shape index (κ3) is 2.70. The Morgan fingerprint density at radius 1 is 1.12 bits per heavy atom. The maximum absolute atomic E-state index is 13.7. The highest BCUT2D eigenvalue weighted by atomic mass is 32.2. The zero-order chi connectivity index (χ0) is 17.5. The maximum atomic E-state index is 13.7. The van der Waals surface area contributed by atoms with E-state index in [2.05, 4.69) is 5.32 Å². The molecule has 1 aliphatic heterocycles. The maximum Gasteiger partial charge on any atom is 0.296 e. The van der Waals surface area contributed by atoms with E-state index in [-0.39, 0.29) is 28.3 Å². The van der Waals surface area contributed by atoms with Crippen molar-refractivity contribution in [3.05, 3.63) is 59.4 Å². The minimum absolute atomic E-state index is 0.0142. The van der Waals surface area contributed by atoms with Gasteiger partial charge in [0.2, 0.25) is 10.0 Å². The number of rotatable bonds is 4. The summed E-state index contributed by atoms with van der Waals surface area (Å²) in [5, 5.41) is 2.36. The van der Waals surface area contributed by atoms with Crippen molar-refractivity contribution in [3.8, 4) is 0 Å². The van der Waals surface area contributed by atoms with Crippen LogP contribution in [0.1, 0.15) is 15.9 Å². The Hall–Kier alpha value is -2.58. The van der Waals surface area contributed by atoms with Crippen LogP contribution in [-0.2, 0) is 21.4 Å². The summed E-state index contributed by atoms with van der Waals surface area (Å²) in [5.74, 6) is -2.07. The molecule has 0 fully saturated rings. The molecule has 0 saturated heterocycles. The van der Waals surface area contributed by atoms with Crippen LogP contribution >= 0.6 is 0 Å². The second-order valence-corrected chi connectivity index (χ2v) is 7.39.